The van der Waals surface area contributed by atoms with Crippen LogP contribution in [0.25, 0.3) is 0 Å². The Morgan fingerprint density at radius 3 is 2.00 bits per heavy atom. The van der Waals surface area contributed by atoms with E-state index in [2.05, 4.69) is 11.9 Å². The summed E-state index contributed by atoms with van der Waals surface area (Å²) in [5, 5.41) is 3.20. The maximum absolute atomic E-state index is 12.4. The van der Waals surface area contributed by atoms with E-state index < -0.39 is 30.6 Å². The number of hydrogen-bond acceptors (Lipinski definition) is 8. The Hall–Kier alpha value is -3.37. The van der Waals surface area contributed by atoms with Gasteiger partial charge in [0.1, 0.15) is 31.0 Å². The highest BCUT2D eigenvalue weighted by atomic mass is 16.7. The summed E-state index contributed by atoms with van der Waals surface area (Å²) in [5.74, 6) is -0.318. The Bertz CT molecular complexity index is 1230. The van der Waals surface area contributed by atoms with Crippen LogP contribution >= 0.6 is 0 Å². The number of carbonyl (C=O) groups is 1. The van der Waals surface area contributed by atoms with Gasteiger partial charge >= 0.3 is 5.97 Å². The first-order chi connectivity index (χ1) is 20.7. The Balaban J connectivity index is 1.29. The monoisotopic (exact) mass is 573 g/mol. The second-order valence-electron chi connectivity index (χ2n) is 10.4. The molecule has 6 atom stereocenters. The molecule has 5 rings (SSSR count). The maximum atomic E-state index is 12.4. The molecule has 2 heterocycles. The van der Waals surface area contributed by atoms with Gasteiger partial charge in [0.15, 0.2) is 6.29 Å². The molecule has 1 N–H and O–H groups in total. The fourth-order valence-electron chi connectivity index (χ4n) is 5.13. The Labute approximate surface area is 247 Å². The summed E-state index contributed by atoms with van der Waals surface area (Å²) in [5.41, 5.74) is 3.16. The fourth-order valence-corrected chi connectivity index (χ4v) is 5.13. The van der Waals surface area contributed by atoms with Gasteiger partial charge in [0.2, 0.25) is 0 Å². The molecule has 8 nitrogen and oxygen atoms in total. The molecule has 0 aromatic heterocycles. The zero-order valence-electron chi connectivity index (χ0n) is 23.7. The van der Waals surface area contributed by atoms with Crippen LogP contribution < -0.4 is 5.32 Å². The van der Waals surface area contributed by atoms with Crippen LogP contribution in [0.2, 0.25) is 0 Å². The average molecular weight is 574 g/mol. The summed E-state index contributed by atoms with van der Waals surface area (Å²) in [6.07, 6.45) is -0.356. The van der Waals surface area contributed by atoms with E-state index in [1.54, 1.807) is 6.08 Å². The second-order valence-corrected chi connectivity index (χ2v) is 10.4. The van der Waals surface area contributed by atoms with Crippen LogP contribution in [0.1, 0.15) is 23.1 Å². The van der Waals surface area contributed by atoms with Crippen LogP contribution in [-0.2, 0) is 53.0 Å². The van der Waals surface area contributed by atoms with Crippen LogP contribution in [0.4, 0.5) is 0 Å². The molecular weight excluding hydrogens is 534 g/mol. The van der Waals surface area contributed by atoms with Gasteiger partial charge in [-0.1, -0.05) is 104 Å². The molecule has 8 heteroatoms. The predicted molar refractivity (Wildman–Crippen MR) is 157 cm³/mol. The number of esters is 1. The average Bonchev–Trinajstić information content (AvgIpc) is 3.63. The van der Waals surface area contributed by atoms with Crippen molar-refractivity contribution >= 4 is 5.97 Å². The lowest BCUT2D eigenvalue weighted by Crippen LogP contribution is -2.40. The number of nitrogens with one attached hydrogen (secondary N) is 1. The third-order valence-electron chi connectivity index (χ3n) is 7.28. The van der Waals surface area contributed by atoms with Gasteiger partial charge in [-0.25, -0.2) is 0 Å². The minimum atomic E-state index is -0.713. The lowest BCUT2D eigenvalue weighted by molar-refractivity contribution is -0.203. The molecule has 0 bridgehead atoms. The van der Waals surface area contributed by atoms with Crippen molar-refractivity contribution in [1.29, 1.82) is 0 Å². The van der Waals surface area contributed by atoms with E-state index >= 15 is 0 Å². The first-order valence-corrected chi connectivity index (χ1v) is 14.4. The van der Waals surface area contributed by atoms with Crippen LogP contribution in [0.3, 0.4) is 0 Å². The minimum absolute atomic E-state index is 0.175. The van der Waals surface area contributed by atoms with Crippen molar-refractivity contribution in [2.45, 2.75) is 63.0 Å². The number of carbonyl (C=O) groups excluding carboxylic acids is 1. The third kappa shape index (κ3) is 8.58. The Morgan fingerprint density at radius 1 is 0.833 bits per heavy atom. The Morgan fingerprint density at radius 2 is 1.40 bits per heavy atom. The van der Waals surface area contributed by atoms with Gasteiger partial charge in [0, 0.05) is 13.0 Å². The molecule has 2 fully saturated rings. The molecule has 0 unspecified atom stereocenters. The predicted octanol–water partition coefficient (Wildman–Crippen LogP) is 4.58. The van der Waals surface area contributed by atoms with E-state index in [1.807, 2.05) is 91.0 Å². The van der Waals surface area contributed by atoms with Crippen molar-refractivity contribution in [1.82, 2.24) is 5.32 Å². The highest BCUT2D eigenvalue weighted by Gasteiger charge is 2.49. The van der Waals surface area contributed by atoms with Crippen molar-refractivity contribution in [3.8, 4) is 0 Å². The van der Waals surface area contributed by atoms with E-state index in [4.69, 9.17) is 28.4 Å². The molecule has 0 amide bonds. The standard InChI is InChI=1S/C34H39NO7/c1-2-18-38-33(36)29-19-28(20-35-29)41-34-32(40-23-27-16-10-5-11-17-27)31(39-22-26-14-8-4-9-15-26)30(42-34)24-37-21-25-12-6-3-7-13-25/h2-17,28-32,34-35H,1,18-24H2/t28-,29+,30+,31+,32-,34+/m1/s1. The van der Waals surface area contributed by atoms with Crippen molar-refractivity contribution in [3.05, 3.63) is 120 Å². The summed E-state index contributed by atoms with van der Waals surface area (Å²) in [4.78, 5) is 12.4. The van der Waals surface area contributed by atoms with Crippen molar-refractivity contribution in [3.63, 3.8) is 0 Å². The van der Waals surface area contributed by atoms with Gasteiger partial charge in [-0.3, -0.25) is 4.79 Å². The number of hydrogen-bond donors (Lipinski definition) is 1. The van der Waals surface area contributed by atoms with Crippen LogP contribution in [-0.4, -0.2) is 62.5 Å². The molecule has 2 aliphatic heterocycles. The Kier molecular flexibility index (Phi) is 11.3. The number of ether oxygens (including phenoxy) is 6. The molecule has 3 aromatic carbocycles. The first-order valence-electron chi connectivity index (χ1n) is 14.4. The lowest BCUT2D eigenvalue weighted by Gasteiger charge is -2.26. The fraction of sp³-hybridized carbons (Fsp3) is 0.382. The first kappa shape index (κ1) is 30.1. The zero-order chi connectivity index (χ0) is 29.0. The number of benzene rings is 3. The maximum Gasteiger partial charge on any atom is 0.323 e. The van der Waals surface area contributed by atoms with Gasteiger partial charge < -0.3 is 33.7 Å². The third-order valence-corrected chi connectivity index (χ3v) is 7.28. The largest absolute Gasteiger partial charge is 0.460 e. The van der Waals surface area contributed by atoms with Gasteiger partial charge in [-0.2, -0.15) is 0 Å². The quantitative estimate of drug-likeness (QED) is 0.209. The van der Waals surface area contributed by atoms with Crippen LogP contribution in [0.5, 0.6) is 0 Å². The summed E-state index contributed by atoms with van der Waals surface area (Å²) < 4.78 is 37.2. The summed E-state index contributed by atoms with van der Waals surface area (Å²) in [6, 6.07) is 29.6. The van der Waals surface area contributed by atoms with Gasteiger partial charge in [0.25, 0.3) is 0 Å². The molecule has 0 spiro atoms. The molecular formula is C34H39NO7. The van der Waals surface area contributed by atoms with Gasteiger partial charge in [0.05, 0.1) is 32.5 Å². The molecule has 222 valence electrons. The second kappa shape index (κ2) is 15.7. The molecule has 0 saturated carbocycles. The minimum Gasteiger partial charge on any atom is -0.460 e. The van der Waals surface area contributed by atoms with E-state index in [0.717, 1.165) is 16.7 Å². The van der Waals surface area contributed by atoms with Gasteiger partial charge in [-0.15, -0.1) is 0 Å². The van der Waals surface area contributed by atoms with Crippen molar-refractivity contribution in [2.24, 2.45) is 0 Å². The van der Waals surface area contributed by atoms with Crippen molar-refractivity contribution < 1.29 is 33.2 Å². The van der Waals surface area contributed by atoms with Crippen molar-refractivity contribution in [2.75, 3.05) is 19.8 Å². The smallest absolute Gasteiger partial charge is 0.323 e. The molecule has 2 aliphatic rings. The topological polar surface area (TPSA) is 84.5 Å². The summed E-state index contributed by atoms with van der Waals surface area (Å²) in [6.45, 7) is 5.79. The molecule has 42 heavy (non-hydrogen) atoms. The highest BCUT2D eigenvalue weighted by molar-refractivity contribution is 5.76. The van der Waals surface area contributed by atoms with E-state index in [-0.39, 0.29) is 18.7 Å². The molecule has 3 aromatic rings. The molecule has 2 saturated heterocycles. The molecule has 0 radical (unpaired) electrons. The summed E-state index contributed by atoms with van der Waals surface area (Å²) >= 11 is 0. The molecule has 0 aliphatic carbocycles. The number of rotatable bonds is 15. The van der Waals surface area contributed by atoms with E-state index in [9.17, 15) is 4.79 Å². The van der Waals surface area contributed by atoms with Crippen LogP contribution in [0, 0.1) is 0 Å². The summed E-state index contributed by atoms with van der Waals surface area (Å²) in [7, 11) is 0. The zero-order valence-corrected chi connectivity index (χ0v) is 23.7. The van der Waals surface area contributed by atoms with Gasteiger partial charge in [-0.05, 0) is 16.7 Å². The SMILES string of the molecule is C=CCOC(=O)[C@@H]1C[C@@H](O[C@H]2O[C@@H](COCc3ccccc3)[C@H](OCc3ccccc3)[C@H]2OCc2ccccc2)CN1. The van der Waals surface area contributed by atoms with Crippen LogP contribution in [0.15, 0.2) is 104 Å². The normalized spacial score (nSPS) is 25.3. The van der Waals surface area contributed by atoms with E-state index in [1.165, 1.54) is 0 Å². The van der Waals surface area contributed by atoms with E-state index in [0.29, 0.717) is 39.4 Å². The lowest BCUT2D eigenvalue weighted by atomic mass is 10.1. The highest BCUT2D eigenvalue weighted by Crippen LogP contribution is 2.32.